The van der Waals surface area contributed by atoms with Crippen LogP contribution in [0.3, 0.4) is 0 Å². The van der Waals surface area contributed by atoms with Gasteiger partial charge in [-0.25, -0.2) is 4.98 Å². The summed E-state index contributed by atoms with van der Waals surface area (Å²) in [5, 5.41) is 3.21. The molecule has 0 bridgehead atoms. The van der Waals surface area contributed by atoms with Gasteiger partial charge in [-0.1, -0.05) is 19.9 Å². The number of hydrogen-bond donors (Lipinski definition) is 1. The molecule has 0 aliphatic carbocycles. The third kappa shape index (κ3) is 4.35. The molecule has 0 aromatic carbocycles. The molecule has 1 aromatic rings. The number of nitrogens with one attached hydrogen (secondary N) is 1. The first-order chi connectivity index (χ1) is 8.21. The van der Waals surface area contributed by atoms with Crippen molar-refractivity contribution in [1.82, 2.24) is 9.88 Å². The highest BCUT2D eigenvalue weighted by atomic mass is 15.1. The number of anilines is 1. The van der Waals surface area contributed by atoms with Crippen LogP contribution in [0.25, 0.3) is 0 Å². The van der Waals surface area contributed by atoms with E-state index in [1.54, 1.807) is 0 Å². The average molecular weight is 235 g/mol. The van der Waals surface area contributed by atoms with Crippen molar-refractivity contribution in [3.8, 4) is 0 Å². The lowest BCUT2D eigenvalue weighted by atomic mass is 10.2. The lowest BCUT2D eigenvalue weighted by Crippen LogP contribution is -2.31. The van der Waals surface area contributed by atoms with E-state index in [-0.39, 0.29) is 0 Å². The molecule has 0 saturated carbocycles. The summed E-state index contributed by atoms with van der Waals surface area (Å²) in [6.07, 6.45) is 3.17. The molecular weight excluding hydrogens is 210 g/mol. The lowest BCUT2D eigenvalue weighted by molar-refractivity contribution is 0.206. The van der Waals surface area contributed by atoms with Crippen molar-refractivity contribution in [3.63, 3.8) is 0 Å². The Balaban J connectivity index is 2.60. The molecule has 1 atom stereocenters. The summed E-state index contributed by atoms with van der Waals surface area (Å²) >= 11 is 0. The van der Waals surface area contributed by atoms with E-state index < -0.39 is 0 Å². The summed E-state index contributed by atoms with van der Waals surface area (Å²) in [5.74, 6) is 0.961. The summed E-state index contributed by atoms with van der Waals surface area (Å²) in [4.78, 5) is 6.88. The van der Waals surface area contributed by atoms with Crippen molar-refractivity contribution in [2.45, 2.75) is 46.7 Å². The average Bonchev–Trinajstić information content (AvgIpc) is 2.37. The molecule has 1 aromatic heterocycles. The molecule has 96 valence electrons. The van der Waals surface area contributed by atoms with Crippen LogP contribution in [0.1, 0.15) is 39.7 Å². The molecule has 3 nitrogen and oxygen atoms in total. The van der Waals surface area contributed by atoms with Gasteiger partial charge in [-0.05, 0) is 38.4 Å². The second kappa shape index (κ2) is 7.28. The van der Waals surface area contributed by atoms with Gasteiger partial charge in [0.25, 0.3) is 0 Å². The van der Waals surface area contributed by atoms with Gasteiger partial charge in [0, 0.05) is 25.3 Å². The minimum atomic E-state index is 0.633. The predicted octanol–water partition coefficient (Wildman–Crippen LogP) is 3.13. The second-order valence-corrected chi connectivity index (χ2v) is 4.40. The van der Waals surface area contributed by atoms with Gasteiger partial charge < -0.3 is 5.32 Å². The lowest BCUT2D eigenvalue weighted by Gasteiger charge is -2.26. The number of pyridine rings is 1. The molecule has 0 amide bonds. The Hall–Kier alpha value is -1.09. The van der Waals surface area contributed by atoms with E-state index in [1.165, 1.54) is 12.0 Å². The maximum atomic E-state index is 4.40. The molecule has 0 spiro atoms. The van der Waals surface area contributed by atoms with E-state index >= 15 is 0 Å². The van der Waals surface area contributed by atoms with Gasteiger partial charge in [0.2, 0.25) is 0 Å². The molecule has 17 heavy (non-hydrogen) atoms. The van der Waals surface area contributed by atoms with E-state index in [4.69, 9.17) is 0 Å². The zero-order valence-electron chi connectivity index (χ0n) is 11.5. The van der Waals surface area contributed by atoms with Crippen LogP contribution < -0.4 is 5.32 Å². The van der Waals surface area contributed by atoms with Gasteiger partial charge >= 0.3 is 0 Å². The van der Waals surface area contributed by atoms with Gasteiger partial charge in [0.05, 0.1) is 0 Å². The van der Waals surface area contributed by atoms with Crippen LogP contribution in [0.4, 0.5) is 5.82 Å². The third-order valence-corrected chi connectivity index (χ3v) is 3.19. The standard InChI is InChI=1S/C14H25N3/c1-5-12(4)17(7-3)11-13-8-9-14(15-6-2)16-10-13/h8-10,12H,5-7,11H2,1-4H3,(H,15,16). The van der Waals surface area contributed by atoms with E-state index in [2.05, 4.69) is 55.0 Å². The number of aromatic nitrogens is 1. The quantitative estimate of drug-likeness (QED) is 0.787. The van der Waals surface area contributed by atoms with Crippen molar-refractivity contribution in [2.24, 2.45) is 0 Å². The van der Waals surface area contributed by atoms with Crippen molar-refractivity contribution < 1.29 is 0 Å². The number of nitrogens with zero attached hydrogens (tertiary/aromatic N) is 2. The topological polar surface area (TPSA) is 28.2 Å². The third-order valence-electron chi connectivity index (χ3n) is 3.19. The fraction of sp³-hybridized carbons (Fsp3) is 0.643. The molecule has 1 heterocycles. The fourth-order valence-electron chi connectivity index (χ4n) is 1.88. The van der Waals surface area contributed by atoms with Gasteiger partial charge in [-0.2, -0.15) is 0 Å². The van der Waals surface area contributed by atoms with E-state index in [0.717, 1.165) is 25.5 Å². The highest BCUT2D eigenvalue weighted by Gasteiger charge is 2.10. The molecule has 0 aliphatic heterocycles. The summed E-state index contributed by atoms with van der Waals surface area (Å²) in [7, 11) is 0. The Morgan fingerprint density at radius 3 is 2.53 bits per heavy atom. The summed E-state index contributed by atoms with van der Waals surface area (Å²) < 4.78 is 0. The highest BCUT2D eigenvalue weighted by Crippen LogP contribution is 2.11. The van der Waals surface area contributed by atoms with Crippen molar-refractivity contribution in [1.29, 1.82) is 0 Å². The van der Waals surface area contributed by atoms with Crippen LogP contribution in [0.15, 0.2) is 18.3 Å². The van der Waals surface area contributed by atoms with Crippen LogP contribution in [0, 0.1) is 0 Å². The maximum Gasteiger partial charge on any atom is 0.125 e. The van der Waals surface area contributed by atoms with Gasteiger partial charge in [0.1, 0.15) is 5.82 Å². The van der Waals surface area contributed by atoms with Crippen LogP contribution >= 0.6 is 0 Å². The van der Waals surface area contributed by atoms with Crippen LogP contribution in [-0.4, -0.2) is 29.0 Å². The van der Waals surface area contributed by atoms with Crippen molar-refractivity contribution >= 4 is 5.82 Å². The van der Waals surface area contributed by atoms with Gasteiger partial charge in [-0.15, -0.1) is 0 Å². The fourth-order valence-corrected chi connectivity index (χ4v) is 1.88. The smallest absolute Gasteiger partial charge is 0.125 e. The van der Waals surface area contributed by atoms with E-state index in [9.17, 15) is 0 Å². The first-order valence-electron chi connectivity index (χ1n) is 6.64. The minimum Gasteiger partial charge on any atom is -0.370 e. The molecule has 1 N–H and O–H groups in total. The normalized spacial score (nSPS) is 12.8. The summed E-state index contributed by atoms with van der Waals surface area (Å²) in [6, 6.07) is 4.85. The second-order valence-electron chi connectivity index (χ2n) is 4.40. The van der Waals surface area contributed by atoms with Crippen LogP contribution in [0.2, 0.25) is 0 Å². The van der Waals surface area contributed by atoms with Gasteiger partial charge in [0.15, 0.2) is 0 Å². The summed E-state index contributed by atoms with van der Waals surface area (Å²) in [6.45, 7) is 11.8. The number of hydrogen-bond acceptors (Lipinski definition) is 3. The molecule has 1 unspecified atom stereocenters. The molecule has 3 heteroatoms. The van der Waals surface area contributed by atoms with Crippen molar-refractivity contribution in [3.05, 3.63) is 23.9 Å². The first kappa shape index (κ1) is 14.0. The molecule has 0 fully saturated rings. The molecule has 1 rings (SSSR count). The number of rotatable bonds is 7. The van der Waals surface area contributed by atoms with E-state index in [0.29, 0.717) is 6.04 Å². The Morgan fingerprint density at radius 2 is 2.06 bits per heavy atom. The molecule has 0 saturated heterocycles. The Kier molecular flexibility index (Phi) is 5.98. The first-order valence-corrected chi connectivity index (χ1v) is 6.64. The van der Waals surface area contributed by atoms with Gasteiger partial charge in [-0.3, -0.25) is 4.90 Å². The largest absolute Gasteiger partial charge is 0.370 e. The Morgan fingerprint density at radius 1 is 1.29 bits per heavy atom. The summed E-state index contributed by atoms with van der Waals surface area (Å²) in [5.41, 5.74) is 1.29. The Bertz CT molecular complexity index is 308. The SMILES string of the molecule is CCNc1ccc(CN(CC)C(C)CC)cn1. The maximum absolute atomic E-state index is 4.40. The van der Waals surface area contributed by atoms with Crippen LogP contribution in [0.5, 0.6) is 0 Å². The zero-order valence-corrected chi connectivity index (χ0v) is 11.5. The van der Waals surface area contributed by atoms with Crippen LogP contribution in [-0.2, 0) is 6.54 Å². The van der Waals surface area contributed by atoms with E-state index in [1.807, 2.05) is 6.20 Å². The predicted molar refractivity (Wildman–Crippen MR) is 74.2 cm³/mol. The van der Waals surface area contributed by atoms with Crippen molar-refractivity contribution in [2.75, 3.05) is 18.4 Å². The minimum absolute atomic E-state index is 0.633. The Labute approximate surface area is 105 Å². The highest BCUT2D eigenvalue weighted by molar-refractivity contribution is 5.35. The monoisotopic (exact) mass is 235 g/mol. The molecular formula is C14H25N3. The molecule has 0 aliphatic rings. The molecule has 0 radical (unpaired) electrons. The zero-order chi connectivity index (χ0) is 12.7.